The van der Waals surface area contributed by atoms with Gasteiger partial charge in [0.1, 0.15) is 0 Å². The molecule has 1 atom stereocenters. The molecule has 4 heteroatoms. The number of amides is 1. The maximum atomic E-state index is 10.4. The maximum absolute atomic E-state index is 10.4. The van der Waals surface area contributed by atoms with Gasteiger partial charge in [0.25, 0.3) is 0 Å². The molecule has 0 aliphatic heterocycles. The number of hydrogen-bond acceptors (Lipinski definition) is 3. The van der Waals surface area contributed by atoms with E-state index in [0.717, 1.165) is 19.3 Å². The summed E-state index contributed by atoms with van der Waals surface area (Å²) in [6.07, 6.45) is 3.08. The van der Waals surface area contributed by atoms with E-state index >= 15 is 0 Å². The Hall–Kier alpha value is -0.610. The van der Waals surface area contributed by atoms with Gasteiger partial charge in [-0.25, -0.2) is 0 Å². The van der Waals surface area contributed by atoms with Crippen molar-refractivity contribution in [3.63, 3.8) is 0 Å². The highest BCUT2D eigenvalue weighted by Crippen LogP contribution is 2.06. The van der Waals surface area contributed by atoms with Crippen LogP contribution in [0.15, 0.2) is 0 Å². The summed E-state index contributed by atoms with van der Waals surface area (Å²) in [7, 11) is 1.61. The molecule has 0 heterocycles. The van der Waals surface area contributed by atoms with Crippen molar-refractivity contribution in [2.45, 2.75) is 38.2 Å². The smallest absolute Gasteiger partial charge is 0.217 e. The summed E-state index contributed by atoms with van der Waals surface area (Å²) < 4.78 is 4.82. The second-order valence-corrected chi connectivity index (χ2v) is 3.15. The highest BCUT2D eigenvalue weighted by atomic mass is 16.5. The van der Waals surface area contributed by atoms with Gasteiger partial charge in [-0.3, -0.25) is 4.79 Å². The Labute approximate surface area is 79.1 Å². The Kier molecular flexibility index (Phi) is 7.63. The Bertz CT molecular complexity index is 139. The molecule has 1 amide bonds. The topological polar surface area (TPSA) is 72.6 Å². The number of primary amides is 1. The average molecular weight is 189 g/mol. The third-order valence-electron chi connectivity index (χ3n) is 1.87. The number of methoxy groups -OCH3 is 1. The molecule has 4 nitrogen and oxygen atoms in total. The molecule has 0 aromatic heterocycles. The first-order valence-electron chi connectivity index (χ1n) is 4.62. The predicted molar refractivity (Wildman–Crippen MR) is 50.2 cm³/mol. The van der Waals surface area contributed by atoms with Gasteiger partial charge in [0.05, 0.1) is 6.10 Å². The Balaban J connectivity index is 3.16. The van der Waals surface area contributed by atoms with Crippen molar-refractivity contribution < 1.29 is 14.6 Å². The molecular weight excluding hydrogens is 170 g/mol. The number of carbonyl (C=O) groups excluding carboxylic acids is 1. The summed E-state index contributed by atoms with van der Waals surface area (Å²) in [6, 6.07) is 0. The van der Waals surface area contributed by atoms with Gasteiger partial charge in [0, 0.05) is 20.1 Å². The normalized spacial score (nSPS) is 12.8. The van der Waals surface area contributed by atoms with Crippen LogP contribution in [0.3, 0.4) is 0 Å². The van der Waals surface area contributed by atoms with Crippen LogP contribution in [0.2, 0.25) is 0 Å². The van der Waals surface area contributed by atoms with Crippen molar-refractivity contribution in [2.75, 3.05) is 13.7 Å². The predicted octanol–water partition coefficient (Wildman–Crippen LogP) is 0.430. The zero-order valence-electron chi connectivity index (χ0n) is 8.16. The molecule has 0 rings (SSSR count). The Morgan fingerprint density at radius 2 is 2.15 bits per heavy atom. The van der Waals surface area contributed by atoms with Crippen LogP contribution >= 0.6 is 0 Å². The van der Waals surface area contributed by atoms with Crippen LogP contribution in [0, 0.1) is 0 Å². The van der Waals surface area contributed by atoms with Gasteiger partial charge < -0.3 is 15.6 Å². The summed E-state index contributed by atoms with van der Waals surface area (Å²) in [5.74, 6) is -0.272. The molecule has 0 aliphatic rings. The average Bonchev–Trinajstić information content (AvgIpc) is 2.08. The number of carbonyl (C=O) groups is 1. The van der Waals surface area contributed by atoms with E-state index in [1.807, 2.05) is 0 Å². The number of ether oxygens (including phenoxy) is 1. The first-order chi connectivity index (χ1) is 6.16. The molecule has 13 heavy (non-hydrogen) atoms. The monoisotopic (exact) mass is 189 g/mol. The summed E-state index contributed by atoms with van der Waals surface area (Å²) in [5, 5.41) is 9.35. The van der Waals surface area contributed by atoms with Crippen molar-refractivity contribution >= 4 is 5.91 Å². The van der Waals surface area contributed by atoms with E-state index in [1.54, 1.807) is 7.11 Å². The first kappa shape index (κ1) is 12.4. The van der Waals surface area contributed by atoms with E-state index in [0.29, 0.717) is 19.4 Å². The molecule has 78 valence electrons. The number of unbranched alkanes of at least 4 members (excludes halogenated alkanes) is 1. The van der Waals surface area contributed by atoms with Gasteiger partial charge in [-0.1, -0.05) is 6.42 Å². The summed E-state index contributed by atoms with van der Waals surface area (Å²) >= 11 is 0. The molecule has 0 saturated carbocycles. The van der Waals surface area contributed by atoms with E-state index in [1.165, 1.54) is 0 Å². The number of rotatable bonds is 8. The highest BCUT2D eigenvalue weighted by molar-refractivity contribution is 5.73. The van der Waals surface area contributed by atoms with Gasteiger partial charge in [-0.05, 0) is 19.3 Å². The standard InChI is InChI=1S/C9H19NO3/c1-13-7-6-8(11)4-2-3-5-9(10)12/h8,11H,2-7H2,1H3,(H2,10,12)/t8-/m1/s1. The lowest BCUT2D eigenvalue weighted by molar-refractivity contribution is -0.118. The van der Waals surface area contributed by atoms with E-state index in [-0.39, 0.29) is 12.0 Å². The molecule has 0 bridgehead atoms. The van der Waals surface area contributed by atoms with Crippen LogP contribution in [0.1, 0.15) is 32.1 Å². The van der Waals surface area contributed by atoms with E-state index in [4.69, 9.17) is 10.5 Å². The maximum Gasteiger partial charge on any atom is 0.217 e. The van der Waals surface area contributed by atoms with Crippen molar-refractivity contribution in [1.29, 1.82) is 0 Å². The fraction of sp³-hybridized carbons (Fsp3) is 0.889. The molecule has 0 radical (unpaired) electrons. The van der Waals surface area contributed by atoms with Crippen molar-refractivity contribution in [3.05, 3.63) is 0 Å². The molecule has 3 N–H and O–H groups in total. The molecule has 0 aromatic rings. The van der Waals surface area contributed by atoms with Gasteiger partial charge >= 0.3 is 0 Å². The lowest BCUT2D eigenvalue weighted by Crippen LogP contribution is -2.12. The summed E-state index contributed by atoms with van der Waals surface area (Å²) in [5.41, 5.74) is 4.97. The summed E-state index contributed by atoms with van der Waals surface area (Å²) in [6.45, 7) is 0.580. The minimum atomic E-state index is -0.312. The van der Waals surface area contributed by atoms with Crippen LogP contribution in [-0.2, 0) is 9.53 Å². The van der Waals surface area contributed by atoms with E-state index < -0.39 is 0 Å². The lowest BCUT2D eigenvalue weighted by Gasteiger charge is -2.08. The van der Waals surface area contributed by atoms with Gasteiger partial charge in [0.2, 0.25) is 5.91 Å². The van der Waals surface area contributed by atoms with Gasteiger partial charge in [-0.15, -0.1) is 0 Å². The molecule has 0 fully saturated rings. The Morgan fingerprint density at radius 3 is 2.69 bits per heavy atom. The molecule has 0 aromatic carbocycles. The molecule has 0 spiro atoms. The second kappa shape index (κ2) is 8.01. The van der Waals surface area contributed by atoms with Crippen molar-refractivity contribution in [2.24, 2.45) is 5.73 Å². The largest absolute Gasteiger partial charge is 0.393 e. The fourth-order valence-electron chi connectivity index (χ4n) is 1.08. The number of aliphatic hydroxyl groups excluding tert-OH is 1. The second-order valence-electron chi connectivity index (χ2n) is 3.15. The fourth-order valence-corrected chi connectivity index (χ4v) is 1.08. The third-order valence-corrected chi connectivity index (χ3v) is 1.87. The zero-order chi connectivity index (χ0) is 10.1. The number of nitrogens with two attached hydrogens (primary N) is 1. The quantitative estimate of drug-likeness (QED) is 0.544. The van der Waals surface area contributed by atoms with Crippen LogP contribution < -0.4 is 5.73 Å². The van der Waals surface area contributed by atoms with Crippen molar-refractivity contribution in [1.82, 2.24) is 0 Å². The third kappa shape index (κ3) is 9.30. The molecule has 0 saturated heterocycles. The number of hydrogen-bond donors (Lipinski definition) is 2. The van der Waals surface area contributed by atoms with E-state index in [2.05, 4.69) is 0 Å². The first-order valence-corrected chi connectivity index (χ1v) is 4.62. The van der Waals surface area contributed by atoms with Gasteiger partial charge in [-0.2, -0.15) is 0 Å². The SMILES string of the molecule is COCC[C@H](O)CCCCC(N)=O. The van der Waals surface area contributed by atoms with Crippen molar-refractivity contribution in [3.8, 4) is 0 Å². The van der Waals surface area contributed by atoms with Crippen LogP contribution in [0.4, 0.5) is 0 Å². The van der Waals surface area contributed by atoms with Gasteiger partial charge in [0.15, 0.2) is 0 Å². The molecular formula is C9H19NO3. The van der Waals surface area contributed by atoms with Crippen LogP contribution in [0.25, 0.3) is 0 Å². The van der Waals surface area contributed by atoms with E-state index in [9.17, 15) is 9.90 Å². The van der Waals surface area contributed by atoms with Crippen LogP contribution in [-0.4, -0.2) is 30.8 Å². The van der Waals surface area contributed by atoms with Crippen LogP contribution in [0.5, 0.6) is 0 Å². The minimum Gasteiger partial charge on any atom is -0.393 e. The highest BCUT2D eigenvalue weighted by Gasteiger charge is 2.03. The number of aliphatic hydroxyl groups is 1. The minimum absolute atomic E-state index is 0.272. The zero-order valence-corrected chi connectivity index (χ0v) is 8.16. The lowest BCUT2D eigenvalue weighted by atomic mass is 10.1. The molecule has 0 aliphatic carbocycles. The summed E-state index contributed by atoms with van der Waals surface area (Å²) in [4.78, 5) is 10.4. The molecule has 0 unspecified atom stereocenters. The Morgan fingerprint density at radius 1 is 1.46 bits per heavy atom.